The van der Waals surface area contributed by atoms with Gasteiger partial charge in [0, 0.05) is 20.1 Å². The number of aryl methyl sites for hydroxylation is 2. The highest BCUT2D eigenvalue weighted by Crippen LogP contribution is 2.20. The Hall–Kier alpha value is -1.35. The number of rotatable bonds is 3. The Balaban J connectivity index is 0.00000208. The van der Waals surface area contributed by atoms with Crippen LogP contribution >= 0.6 is 12.4 Å². The lowest BCUT2D eigenvalue weighted by Crippen LogP contribution is -2.48. The molecule has 0 radical (unpaired) electrons. The van der Waals surface area contributed by atoms with Crippen LogP contribution in [0.4, 0.5) is 0 Å². The quantitative estimate of drug-likeness (QED) is 0.822. The highest BCUT2D eigenvalue weighted by molar-refractivity contribution is 7.89. The maximum Gasteiger partial charge on any atom is 0.328 e. The van der Waals surface area contributed by atoms with Gasteiger partial charge < -0.3 is 5.32 Å². The van der Waals surface area contributed by atoms with E-state index in [2.05, 4.69) is 10.0 Å². The summed E-state index contributed by atoms with van der Waals surface area (Å²) in [5.74, 6) is 0.239. The van der Waals surface area contributed by atoms with Crippen molar-refractivity contribution in [3.8, 4) is 0 Å². The number of hydrogen-bond acceptors (Lipinski definition) is 4. The summed E-state index contributed by atoms with van der Waals surface area (Å²) in [5, 5.41) is 3.26. The highest BCUT2D eigenvalue weighted by atomic mass is 35.5. The molecule has 1 aliphatic heterocycles. The number of benzene rings is 1. The maximum atomic E-state index is 12.7. The lowest BCUT2D eigenvalue weighted by atomic mass is 9.97. The lowest BCUT2D eigenvalue weighted by Gasteiger charge is -2.29. The molecule has 2 unspecified atom stereocenters. The van der Waals surface area contributed by atoms with Crippen LogP contribution in [0.25, 0.3) is 11.0 Å². The minimum absolute atomic E-state index is 0. The molecule has 2 aromatic rings. The Morgan fingerprint density at radius 3 is 2.54 bits per heavy atom. The lowest BCUT2D eigenvalue weighted by molar-refractivity contribution is 0.328. The van der Waals surface area contributed by atoms with E-state index in [0.29, 0.717) is 11.0 Å². The van der Waals surface area contributed by atoms with Crippen LogP contribution in [0.2, 0.25) is 0 Å². The minimum atomic E-state index is -3.61. The molecule has 9 heteroatoms. The van der Waals surface area contributed by atoms with Crippen molar-refractivity contribution in [3.63, 3.8) is 0 Å². The molecule has 0 aliphatic carbocycles. The van der Waals surface area contributed by atoms with Crippen molar-refractivity contribution in [1.29, 1.82) is 0 Å². The van der Waals surface area contributed by atoms with E-state index in [1.807, 2.05) is 6.92 Å². The van der Waals surface area contributed by atoms with Crippen LogP contribution in [0.5, 0.6) is 0 Å². The van der Waals surface area contributed by atoms with E-state index < -0.39 is 10.0 Å². The third-order valence-electron chi connectivity index (χ3n) is 4.65. The summed E-state index contributed by atoms with van der Waals surface area (Å²) in [6.07, 6.45) is 0.770. The minimum Gasteiger partial charge on any atom is -0.316 e. The predicted molar refractivity (Wildman–Crippen MR) is 96.2 cm³/mol. The number of piperidine rings is 1. The first-order valence-electron chi connectivity index (χ1n) is 7.70. The van der Waals surface area contributed by atoms with Crippen molar-refractivity contribution in [2.75, 3.05) is 13.1 Å². The van der Waals surface area contributed by atoms with Gasteiger partial charge in [0.15, 0.2) is 0 Å². The first-order valence-corrected chi connectivity index (χ1v) is 9.18. The van der Waals surface area contributed by atoms with Gasteiger partial charge >= 0.3 is 5.69 Å². The van der Waals surface area contributed by atoms with Gasteiger partial charge in [0.1, 0.15) is 0 Å². The molecule has 1 aromatic carbocycles. The molecule has 1 fully saturated rings. The smallest absolute Gasteiger partial charge is 0.316 e. The van der Waals surface area contributed by atoms with Crippen LogP contribution in [-0.2, 0) is 24.1 Å². The van der Waals surface area contributed by atoms with E-state index >= 15 is 0 Å². The average Bonchev–Trinajstić information content (AvgIpc) is 2.74. The molecule has 7 nitrogen and oxygen atoms in total. The van der Waals surface area contributed by atoms with Gasteiger partial charge in [0.25, 0.3) is 0 Å². The second-order valence-corrected chi connectivity index (χ2v) is 7.96. The molecule has 3 rings (SSSR count). The normalized spacial score (nSPS) is 21.6. The topological polar surface area (TPSA) is 85.1 Å². The Morgan fingerprint density at radius 1 is 1.21 bits per heavy atom. The van der Waals surface area contributed by atoms with E-state index in [1.165, 1.54) is 9.13 Å². The number of nitrogens with zero attached hydrogens (tertiary/aromatic N) is 2. The van der Waals surface area contributed by atoms with E-state index in [1.54, 1.807) is 32.3 Å². The summed E-state index contributed by atoms with van der Waals surface area (Å²) in [4.78, 5) is 12.2. The summed E-state index contributed by atoms with van der Waals surface area (Å²) in [6, 6.07) is 4.72. The molecule has 1 aliphatic rings. The molecule has 2 heterocycles. The summed E-state index contributed by atoms with van der Waals surface area (Å²) < 4.78 is 31.1. The van der Waals surface area contributed by atoms with Crippen LogP contribution < -0.4 is 15.7 Å². The second kappa shape index (κ2) is 6.87. The van der Waals surface area contributed by atoms with Crippen LogP contribution in [0.15, 0.2) is 27.9 Å². The van der Waals surface area contributed by atoms with E-state index in [9.17, 15) is 13.2 Å². The summed E-state index contributed by atoms with van der Waals surface area (Å²) >= 11 is 0. The van der Waals surface area contributed by atoms with Gasteiger partial charge in [-0.2, -0.15) is 0 Å². The van der Waals surface area contributed by atoms with Gasteiger partial charge in [-0.15, -0.1) is 12.4 Å². The predicted octanol–water partition coefficient (Wildman–Crippen LogP) is 0.575. The molecular formula is C15H23ClN4O3S. The first kappa shape index (κ1) is 19.0. The molecular weight excluding hydrogens is 352 g/mol. The fraction of sp³-hybridized carbons (Fsp3) is 0.533. The number of fused-ring (bicyclic) bond motifs is 1. The van der Waals surface area contributed by atoms with Gasteiger partial charge in [-0.3, -0.25) is 9.13 Å². The van der Waals surface area contributed by atoms with E-state index in [0.717, 1.165) is 19.5 Å². The zero-order valence-electron chi connectivity index (χ0n) is 13.9. The number of aromatic nitrogens is 2. The van der Waals surface area contributed by atoms with Gasteiger partial charge in [-0.25, -0.2) is 17.9 Å². The summed E-state index contributed by atoms with van der Waals surface area (Å²) in [6.45, 7) is 3.65. The fourth-order valence-corrected chi connectivity index (χ4v) is 4.51. The summed E-state index contributed by atoms with van der Waals surface area (Å²) in [7, 11) is -0.290. The van der Waals surface area contributed by atoms with Gasteiger partial charge in [0.05, 0.1) is 15.9 Å². The molecule has 0 saturated carbocycles. The van der Waals surface area contributed by atoms with Gasteiger partial charge in [0.2, 0.25) is 10.0 Å². The third kappa shape index (κ3) is 3.23. The average molecular weight is 375 g/mol. The van der Waals surface area contributed by atoms with Gasteiger partial charge in [-0.05, 0) is 43.6 Å². The van der Waals surface area contributed by atoms with E-state index in [4.69, 9.17) is 0 Å². The molecule has 24 heavy (non-hydrogen) atoms. The Kier molecular flexibility index (Phi) is 5.44. The molecule has 0 bridgehead atoms. The third-order valence-corrected chi connectivity index (χ3v) is 6.13. The SMILES string of the molecule is CC1CNCCC1NS(=O)(=O)c1ccc2c(c1)n(C)c(=O)n2C.Cl. The molecule has 1 saturated heterocycles. The number of nitrogens with one attached hydrogen (secondary N) is 2. The molecule has 1 aromatic heterocycles. The van der Waals surface area contributed by atoms with Crippen LogP contribution in [0.3, 0.4) is 0 Å². The number of sulfonamides is 1. The van der Waals surface area contributed by atoms with Crippen molar-refractivity contribution in [2.45, 2.75) is 24.3 Å². The zero-order valence-corrected chi connectivity index (χ0v) is 15.6. The van der Waals surface area contributed by atoms with Crippen molar-refractivity contribution in [3.05, 3.63) is 28.7 Å². The molecule has 0 amide bonds. The summed E-state index contributed by atoms with van der Waals surface area (Å²) in [5.41, 5.74) is 1.15. The van der Waals surface area contributed by atoms with Crippen LogP contribution in [-0.4, -0.2) is 36.7 Å². The van der Waals surface area contributed by atoms with Crippen molar-refractivity contribution in [2.24, 2.45) is 20.0 Å². The van der Waals surface area contributed by atoms with Gasteiger partial charge in [-0.1, -0.05) is 6.92 Å². The van der Waals surface area contributed by atoms with E-state index in [-0.39, 0.29) is 35.0 Å². The number of hydrogen-bond donors (Lipinski definition) is 2. The Labute approximate surface area is 147 Å². The monoisotopic (exact) mass is 374 g/mol. The van der Waals surface area contributed by atoms with Crippen molar-refractivity contribution < 1.29 is 8.42 Å². The van der Waals surface area contributed by atoms with Crippen molar-refractivity contribution >= 4 is 33.5 Å². The number of imidazole rings is 1. The first-order chi connectivity index (χ1) is 10.8. The fourth-order valence-electron chi connectivity index (χ4n) is 3.11. The zero-order chi connectivity index (χ0) is 16.8. The Morgan fingerprint density at radius 2 is 1.88 bits per heavy atom. The molecule has 2 atom stereocenters. The number of halogens is 1. The Bertz CT molecular complexity index is 903. The standard InChI is InChI=1S/C15H22N4O3S.ClH/c1-10-9-16-7-6-12(10)17-23(21,22)11-4-5-13-14(8-11)19(3)15(20)18(13)2;/h4-5,8,10,12,16-17H,6-7,9H2,1-3H3;1H. The van der Waals surface area contributed by atoms with Crippen LogP contribution in [0.1, 0.15) is 13.3 Å². The molecule has 2 N–H and O–H groups in total. The molecule has 0 spiro atoms. The second-order valence-electron chi connectivity index (χ2n) is 6.25. The highest BCUT2D eigenvalue weighted by Gasteiger charge is 2.27. The van der Waals surface area contributed by atoms with Crippen LogP contribution in [0, 0.1) is 5.92 Å². The molecule has 134 valence electrons. The maximum absolute atomic E-state index is 12.7. The largest absolute Gasteiger partial charge is 0.328 e. The van der Waals surface area contributed by atoms with Crippen molar-refractivity contribution in [1.82, 2.24) is 19.2 Å².